The molecule has 0 atom stereocenters. The van der Waals surface area contributed by atoms with E-state index in [1.54, 1.807) is 0 Å². The summed E-state index contributed by atoms with van der Waals surface area (Å²) in [6, 6.07) is 9.05. The molecular weight excluding hydrogens is 486 g/mol. The molecule has 12 heteroatoms. The number of anilines is 1. The van der Waals surface area contributed by atoms with Gasteiger partial charge in [0.25, 0.3) is 11.8 Å². The summed E-state index contributed by atoms with van der Waals surface area (Å²) >= 11 is 11.7. The number of nitrogens with one attached hydrogen (secondary N) is 2. The highest BCUT2D eigenvalue weighted by molar-refractivity contribution is 6.37. The number of halogens is 5. The van der Waals surface area contributed by atoms with Gasteiger partial charge in [-0.2, -0.15) is 0 Å². The lowest BCUT2D eigenvalue weighted by atomic mass is 10.1. The van der Waals surface area contributed by atoms with Crippen LogP contribution in [0, 0.1) is 0 Å². The van der Waals surface area contributed by atoms with Gasteiger partial charge < -0.3 is 20.5 Å². The maximum absolute atomic E-state index is 12.7. The number of phenolic OH excluding ortho intramolecular Hbond substituents is 1. The third-order valence-electron chi connectivity index (χ3n) is 4.23. The number of ether oxygens (including phenoxy) is 1. The highest BCUT2D eigenvalue weighted by Crippen LogP contribution is 2.33. The lowest BCUT2D eigenvalue weighted by molar-refractivity contribution is -0.274. The van der Waals surface area contributed by atoms with Crippen molar-refractivity contribution >= 4 is 40.7 Å². The Morgan fingerprint density at radius 3 is 2.39 bits per heavy atom. The zero-order chi connectivity index (χ0) is 24.2. The number of pyridine rings is 1. The van der Waals surface area contributed by atoms with Gasteiger partial charge in [-0.05, 0) is 24.3 Å². The number of nitrogens with zero attached hydrogens (tertiary/aromatic N) is 1. The second-order valence-electron chi connectivity index (χ2n) is 6.50. The van der Waals surface area contributed by atoms with Crippen LogP contribution in [0.1, 0.15) is 26.3 Å². The van der Waals surface area contributed by atoms with Gasteiger partial charge in [0.2, 0.25) is 0 Å². The normalized spacial score (nSPS) is 11.1. The maximum Gasteiger partial charge on any atom is 0.573 e. The lowest BCUT2D eigenvalue weighted by Crippen LogP contribution is -2.26. The Balaban J connectivity index is 1.76. The highest BCUT2D eigenvalue weighted by atomic mass is 35.5. The number of rotatable bonds is 6. The number of hydrogen-bond acceptors (Lipinski definition) is 5. The fraction of sp³-hybridized carbons (Fsp3) is 0.0952. The number of carbonyl (C=O) groups excluding carboxylic acids is 2. The Kier molecular flexibility index (Phi) is 7.29. The number of amides is 2. The molecule has 0 radical (unpaired) electrons. The van der Waals surface area contributed by atoms with E-state index in [0.717, 1.165) is 6.07 Å². The second-order valence-corrected chi connectivity index (χ2v) is 7.32. The van der Waals surface area contributed by atoms with Crippen molar-refractivity contribution in [2.75, 3.05) is 5.32 Å². The first-order valence-corrected chi connectivity index (χ1v) is 9.86. The van der Waals surface area contributed by atoms with Gasteiger partial charge in [0.1, 0.15) is 5.75 Å². The summed E-state index contributed by atoms with van der Waals surface area (Å²) < 4.78 is 41.7. The van der Waals surface area contributed by atoms with Crippen LogP contribution >= 0.6 is 23.2 Å². The highest BCUT2D eigenvalue weighted by Gasteiger charge is 2.32. The summed E-state index contributed by atoms with van der Waals surface area (Å²) in [5, 5.41) is 14.3. The Hall–Kier alpha value is -3.50. The van der Waals surface area contributed by atoms with Gasteiger partial charge in [0, 0.05) is 23.9 Å². The number of alkyl halides is 3. The molecular formula is C21H14Cl2F3N3O4. The van der Waals surface area contributed by atoms with E-state index in [9.17, 15) is 27.9 Å². The van der Waals surface area contributed by atoms with Crippen molar-refractivity contribution in [2.24, 2.45) is 0 Å². The van der Waals surface area contributed by atoms with Crippen LogP contribution in [0.15, 0.2) is 54.9 Å². The number of carbonyl (C=O) groups is 2. The molecule has 0 bridgehead atoms. The first-order valence-electron chi connectivity index (χ1n) is 9.10. The van der Waals surface area contributed by atoms with Gasteiger partial charge >= 0.3 is 6.36 Å². The smallest absolute Gasteiger partial charge is 0.505 e. The molecule has 0 aliphatic carbocycles. The Morgan fingerprint density at radius 1 is 1.06 bits per heavy atom. The van der Waals surface area contributed by atoms with Crippen molar-refractivity contribution in [1.82, 2.24) is 10.3 Å². The van der Waals surface area contributed by atoms with E-state index in [-0.39, 0.29) is 44.7 Å². The van der Waals surface area contributed by atoms with Gasteiger partial charge in [-0.25, -0.2) is 0 Å². The number of aromatic hydroxyl groups is 1. The van der Waals surface area contributed by atoms with Crippen molar-refractivity contribution in [3.05, 3.63) is 81.6 Å². The van der Waals surface area contributed by atoms with Gasteiger partial charge in [0.05, 0.1) is 27.5 Å². The Labute approximate surface area is 195 Å². The van der Waals surface area contributed by atoms with Crippen LogP contribution in [0.5, 0.6) is 11.5 Å². The molecule has 1 aromatic heterocycles. The number of aromatic nitrogens is 1. The minimum atomic E-state index is -4.89. The summed E-state index contributed by atoms with van der Waals surface area (Å²) in [5.41, 5.74) is 0.135. The summed E-state index contributed by atoms with van der Waals surface area (Å²) in [6.07, 6.45) is -2.36. The zero-order valence-electron chi connectivity index (χ0n) is 16.4. The van der Waals surface area contributed by atoms with Crippen molar-refractivity contribution in [3.63, 3.8) is 0 Å². The number of hydrogen-bond donors (Lipinski definition) is 3. The molecule has 0 unspecified atom stereocenters. The van der Waals surface area contributed by atoms with E-state index in [2.05, 4.69) is 20.4 Å². The molecule has 0 saturated heterocycles. The quantitative estimate of drug-likeness (QED) is 0.434. The van der Waals surface area contributed by atoms with Crippen molar-refractivity contribution in [3.8, 4) is 11.5 Å². The number of benzene rings is 2. The molecule has 0 fully saturated rings. The predicted octanol–water partition coefficient (Wildman–Crippen LogP) is 5.17. The standard InChI is InChI=1S/C21H14Cl2F3N3O4/c22-14-7-12(8-15(23)18(14)30)19(31)29-16-10-27-6-5-13(16)20(32)28-9-11-3-1-2-4-17(11)33-21(24,25)26/h1-8,10,30H,9H2,(H,28,32)(H,29,31). The van der Waals surface area contributed by atoms with Crippen LogP contribution in [0.2, 0.25) is 10.0 Å². The molecule has 3 rings (SSSR count). The summed E-state index contributed by atoms with van der Waals surface area (Å²) in [4.78, 5) is 29.1. The monoisotopic (exact) mass is 499 g/mol. The van der Waals surface area contributed by atoms with Crippen molar-refractivity contribution < 1.29 is 32.6 Å². The zero-order valence-corrected chi connectivity index (χ0v) is 17.9. The average Bonchev–Trinajstić information content (AvgIpc) is 2.75. The number of phenols is 1. The molecule has 3 aromatic rings. The minimum Gasteiger partial charge on any atom is -0.505 e. The fourth-order valence-corrected chi connectivity index (χ4v) is 3.22. The van der Waals surface area contributed by atoms with E-state index in [1.807, 2.05) is 0 Å². The molecule has 0 saturated carbocycles. The largest absolute Gasteiger partial charge is 0.573 e. The third kappa shape index (κ3) is 6.27. The van der Waals surface area contributed by atoms with E-state index >= 15 is 0 Å². The molecule has 7 nitrogen and oxygen atoms in total. The van der Waals surface area contributed by atoms with E-state index in [1.165, 1.54) is 48.8 Å². The summed E-state index contributed by atoms with van der Waals surface area (Å²) in [6.45, 7) is -0.274. The summed E-state index contributed by atoms with van der Waals surface area (Å²) in [7, 11) is 0. The van der Waals surface area contributed by atoms with Gasteiger partial charge in [-0.1, -0.05) is 41.4 Å². The van der Waals surface area contributed by atoms with Crippen LogP contribution < -0.4 is 15.4 Å². The van der Waals surface area contributed by atoms with Crippen LogP contribution in [-0.2, 0) is 6.54 Å². The predicted molar refractivity (Wildman–Crippen MR) is 115 cm³/mol. The Bertz CT molecular complexity index is 1180. The SMILES string of the molecule is O=C(Nc1cnccc1C(=O)NCc1ccccc1OC(F)(F)F)c1cc(Cl)c(O)c(Cl)c1. The van der Waals surface area contributed by atoms with Crippen LogP contribution in [0.25, 0.3) is 0 Å². The molecule has 33 heavy (non-hydrogen) atoms. The minimum absolute atomic E-state index is 0.00328. The first-order chi connectivity index (χ1) is 15.5. The molecule has 172 valence electrons. The summed E-state index contributed by atoms with van der Waals surface area (Å²) in [5.74, 6) is -2.21. The lowest BCUT2D eigenvalue weighted by Gasteiger charge is -2.14. The van der Waals surface area contributed by atoms with Crippen molar-refractivity contribution in [2.45, 2.75) is 12.9 Å². The van der Waals surface area contributed by atoms with E-state index in [0.29, 0.717) is 0 Å². The topological polar surface area (TPSA) is 101 Å². The maximum atomic E-state index is 12.7. The van der Waals surface area contributed by atoms with Crippen LogP contribution in [-0.4, -0.2) is 28.3 Å². The third-order valence-corrected chi connectivity index (χ3v) is 4.81. The molecule has 0 aliphatic heterocycles. The van der Waals surface area contributed by atoms with Gasteiger partial charge in [0.15, 0.2) is 5.75 Å². The molecule has 3 N–H and O–H groups in total. The van der Waals surface area contributed by atoms with E-state index < -0.39 is 23.9 Å². The van der Waals surface area contributed by atoms with Crippen LogP contribution in [0.4, 0.5) is 18.9 Å². The van der Waals surface area contributed by atoms with Crippen molar-refractivity contribution in [1.29, 1.82) is 0 Å². The fourth-order valence-electron chi connectivity index (χ4n) is 2.73. The molecule has 2 aromatic carbocycles. The number of para-hydroxylation sites is 1. The van der Waals surface area contributed by atoms with E-state index in [4.69, 9.17) is 23.2 Å². The Morgan fingerprint density at radius 2 is 1.73 bits per heavy atom. The first kappa shape index (κ1) is 24.1. The molecule has 0 aliphatic rings. The van der Waals surface area contributed by atoms with Gasteiger partial charge in [-0.3, -0.25) is 14.6 Å². The second kappa shape index (κ2) is 9.97. The molecule has 0 spiro atoms. The average molecular weight is 500 g/mol. The van der Waals surface area contributed by atoms with Crippen LogP contribution in [0.3, 0.4) is 0 Å². The van der Waals surface area contributed by atoms with Gasteiger partial charge in [-0.15, -0.1) is 13.2 Å². The molecule has 1 heterocycles. The molecule has 2 amide bonds.